The van der Waals surface area contributed by atoms with Crippen molar-refractivity contribution in [2.45, 2.75) is 18.9 Å². The molecule has 2 atom stereocenters. The molecule has 1 amide bonds. The van der Waals surface area contributed by atoms with Gasteiger partial charge >= 0.3 is 5.97 Å². The van der Waals surface area contributed by atoms with E-state index in [1.54, 1.807) is 17.0 Å². The summed E-state index contributed by atoms with van der Waals surface area (Å²) in [5, 5.41) is 11.7. The number of carboxylic acid groups (broad SMARTS) is 1. The number of hydrogen-bond acceptors (Lipinski definition) is 3. The second kappa shape index (κ2) is 7.64. The molecule has 1 fully saturated rings. The molecule has 5 nitrogen and oxygen atoms in total. The number of amides is 1. The highest BCUT2D eigenvalue weighted by Crippen LogP contribution is 2.28. The predicted octanol–water partition coefficient (Wildman–Crippen LogP) is 3.36. The van der Waals surface area contributed by atoms with Gasteiger partial charge in [0.05, 0.1) is 5.92 Å². The van der Waals surface area contributed by atoms with Crippen LogP contribution >= 0.6 is 11.6 Å². The SMILES string of the molecule is CN(C)[C@@H]1CC[C@H](C(=O)O)CN(C(=O)c2cccc3c(Cl)cccc23)C1. The molecule has 2 aromatic rings. The van der Waals surface area contributed by atoms with Crippen LogP contribution in [0.5, 0.6) is 0 Å². The molecule has 0 radical (unpaired) electrons. The Kier molecular flexibility index (Phi) is 5.49. The fourth-order valence-electron chi connectivity index (χ4n) is 3.59. The number of fused-ring (bicyclic) bond motifs is 1. The number of carboxylic acids is 1. The van der Waals surface area contributed by atoms with Gasteiger partial charge in [0.25, 0.3) is 5.91 Å². The van der Waals surface area contributed by atoms with E-state index in [2.05, 4.69) is 4.90 Å². The minimum absolute atomic E-state index is 0.141. The highest BCUT2D eigenvalue weighted by molar-refractivity contribution is 6.36. The fourth-order valence-corrected chi connectivity index (χ4v) is 3.83. The van der Waals surface area contributed by atoms with E-state index in [0.717, 1.165) is 17.2 Å². The summed E-state index contributed by atoms with van der Waals surface area (Å²) < 4.78 is 0. The molecule has 0 saturated carbocycles. The van der Waals surface area contributed by atoms with Crippen molar-refractivity contribution < 1.29 is 14.7 Å². The van der Waals surface area contributed by atoms with E-state index >= 15 is 0 Å². The van der Waals surface area contributed by atoms with Gasteiger partial charge in [0, 0.05) is 35.1 Å². The number of nitrogens with zero attached hydrogens (tertiary/aromatic N) is 2. The Morgan fingerprint density at radius 2 is 1.77 bits per heavy atom. The normalized spacial score (nSPS) is 21.0. The third kappa shape index (κ3) is 3.69. The number of carbonyl (C=O) groups excluding carboxylic acids is 1. The molecule has 0 spiro atoms. The Labute approximate surface area is 158 Å². The van der Waals surface area contributed by atoms with E-state index in [9.17, 15) is 14.7 Å². The number of carbonyl (C=O) groups is 2. The van der Waals surface area contributed by atoms with E-state index in [1.807, 2.05) is 38.4 Å². The highest BCUT2D eigenvalue weighted by Gasteiger charge is 2.32. The summed E-state index contributed by atoms with van der Waals surface area (Å²) in [6.07, 6.45) is 1.33. The van der Waals surface area contributed by atoms with Gasteiger partial charge in [-0.1, -0.05) is 35.9 Å². The van der Waals surface area contributed by atoms with Crippen LogP contribution < -0.4 is 0 Å². The second-order valence-electron chi connectivity index (χ2n) is 7.08. The van der Waals surface area contributed by atoms with Crippen LogP contribution in [-0.2, 0) is 4.79 Å². The average molecular weight is 375 g/mol. The first-order chi connectivity index (χ1) is 12.4. The maximum absolute atomic E-state index is 13.3. The summed E-state index contributed by atoms with van der Waals surface area (Å²) >= 11 is 6.27. The Morgan fingerprint density at radius 1 is 1.08 bits per heavy atom. The van der Waals surface area contributed by atoms with Gasteiger partial charge in [0.1, 0.15) is 0 Å². The van der Waals surface area contributed by atoms with Crippen LogP contribution in [0.1, 0.15) is 23.2 Å². The van der Waals surface area contributed by atoms with Crippen LogP contribution in [0.15, 0.2) is 36.4 Å². The molecule has 0 aliphatic carbocycles. The van der Waals surface area contributed by atoms with Gasteiger partial charge in [0.2, 0.25) is 0 Å². The smallest absolute Gasteiger partial charge is 0.308 e. The summed E-state index contributed by atoms with van der Waals surface area (Å²) in [4.78, 5) is 28.6. The lowest BCUT2D eigenvalue weighted by molar-refractivity contribution is -0.142. The molecule has 2 aromatic carbocycles. The zero-order valence-electron chi connectivity index (χ0n) is 15.0. The number of halogens is 1. The first-order valence-corrected chi connectivity index (χ1v) is 9.12. The molecule has 1 saturated heterocycles. The Bertz CT molecular complexity index is 837. The lowest BCUT2D eigenvalue weighted by Gasteiger charge is -2.29. The predicted molar refractivity (Wildman–Crippen MR) is 103 cm³/mol. The summed E-state index contributed by atoms with van der Waals surface area (Å²) in [6.45, 7) is 0.752. The van der Waals surface area contributed by atoms with E-state index < -0.39 is 11.9 Å². The van der Waals surface area contributed by atoms with Gasteiger partial charge < -0.3 is 14.9 Å². The van der Waals surface area contributed by atoms with E-state index in [-0.39, 0.29) is 18.5 Å². The van der Waals surface area contributed by atoms with Crippen molar-refractivity contribution in [1.82, 2.24) is 9.80 Å². The van der Waals surface area contributed by atoms with Crippen LogP contribution in [0.4, 0.5) is 0 Å². The maximum Gasteiger partial charge on any atom is 0.308 e. The number of hydrogen-bond donors (Lipinski definition) is 1. The number of likely N-dealkylation sites (tertiary alicyclic amines) is 1. The standard InChI is InChI=1S/C20H23ClN2O3/c1-22(2)14-10-9-13(20(25)26)11-23(12-14)19(24)17-7-3-6-16-15(17)5-4-8-18(16)21/h3-8,13-14H,9-12H2,1-2H3,(H,25,26)/t13-,14+/m0/s1. The summed E-state index contributed by atoms with van der Waals surface area (Å²) in [5.74, 6) is -1.52. The molecule has 0 aromatic heterocycles. The van der Waals surface area contributed by atoms with Crippen molar-refractivity contribution in [2.24, 2.45) is 5.92 Å². The van der Waals surface area contributed by atoms with Gasteiger partial charge in [-0.25, -0.2) is 0 Å². The third-order valence-electron chi connectivity index (χ3n) is 5.19. The monoisotopic (exact) mass is 374 g/mol. The number of aliphatic carboxylic acids is 1. The minimum atomic E-state index is -0.844. The van der Waals surface area contributed by atoms with Crippen molar-refractivity contribution in [3.63, 3.8) is 0 Å². The zero-order chi connectivity index (χ0) is 18.8. The average Bonchev–Trinajstić information content (AvgIpc) is 2.84. The summed E-state index contributed by atoms with van der Waals surface area (Å²) in [5.41, 5.74) is 0.563. The quantitative estimate of drug-likeness (QED) is 0.894. The highest BCUT2D eigenvalue weighted by atomic mass is 35.5. The van der Waals surface area contributed by atoms with Gasteiger partial charge in [-0.2, -0.15) is 0 Å². The maximum atomic E-state index is 13.3. The van der Waals surface area contributed by atoms with E-state index in [4.69, 9.17) is 11.6 Å². The van der Waals surface area contributed by atoms with Crippen molar-refractivity contribution in [2.75, 3.05) is 27.2 Å². The van der Waals surface area contributed by atoms with Crippen molar-refractivity contribution in [3.05, 3.63) is 47.0 Å². The Morgan fingerprint density at radius 3 is 2.46 bits per heavy atom. The van der Waals surface area contributed by atoms with Crippen LogP contribution in [0.25, 0.3) is 10.8 Å². The number of likely N-dealkylation sites (N-methyl/N-ethyl adjacent to an activating group) is 1. The van der Waals surface area contributed by atoms with Crippen molar-refractivity contribution >= 4 is 34.2 Å². The lowest BCUT2D eigenvalue weighted by atomic mass is 10.0. The van der Waals surface area contributed by atoms with Crippen LogP contribution in [0, 0.1) is 5.92 Å². The molecule has 1 heterocycles. The van der Waals surface area contributed by atoms with Crippen LogP contribution in [-0.4, -0.2) is 60.0 Å². The molecule has 1 aliphatic rings. The van der Waals surface area contributed by atoms with E-state index in [0.29, 0.717) is 23.6 Å². The van der Waals surface area contributed by atoms with Gasteiger partial charge in [0.15, 0.2) is 0 Å². The molecule has 1 N–H and O–H groups in total. The molecule has 26 heavy (non-hydrogen) atoms. The first kappa shape index (κ1) is 18.7. The molecule has 0 unspecified atom stereocenters. The van der Waals surface area contributed by atoms with Gasteiger partial charge in [-0.05, 0) is 44.5 Å². The van der Waals surface area contributed by atoms with Gasteiger partial charge in [-0.15, -0.1) is 0 Å². The number of rotatable bonds is 3. The molecule has 138 valence electrons. The molecule has 0 bridgehead atoms. The summed E-state index contributed by atoms with van der Waals surface area (Å²) in [6, 6.07) is 11.1. The second-order valence-corrected chi connectivity index (χ2v) is 7.49. The fraction of sp³-hybridized carbons (Fsp3) is 0.400. The van der Waals surface area contributed by atoms with Gasteiger partial charge in [-0.3, -0.25) is 9.59 Å². The van der Waals surface area contributed by atoms with Crippen LogP contribution in [0.3, 0.4) is 0 Å². The largest absolute Gasteiger partial charge is 0.481 e. The molecule has 1 aliphatic heterocycles. The molecule has 6 heteroatoms. The Hall–Kier alpha value is -2.11. The lowest BCUT2D eigenvalue weighted by Crippen LogP contribution is -2.43. The van der Waals surface area contributed by atoms with Crippen molar-refractivity contribution in [3.8, 4) is 0 Å². The zero-order valence-corrected chi connectivity index (χ0v) is 15.7. The summed E-state index contributed by atoms with van der Waals surface area (Å²) in [7, 11) is 3.93. The Balaban J connectivity index is 1.99. The first-order valence-electron chi connectivity index (χ1n) is 8.74. The third-order valence-corrected chi connectivity index (χ3v) is 5.52. The van der Waals surface area contributed by atoms with Crippen LogP contribution in [0.2, 0.25) is 5.02 Å². The van der Waals surface area contributed by atoms with Crippen molar-refractivity contribution in [1.29, 1.82) is 0 Å². The molecule has 3 rings (SSSR count). The minimum Gasteiger partial charge on any atom is -0.481 e. The topological polar surface area (TPSA) is 60.9 Å². The van der Waals surface area contributed by atoms with E-state index in [1.165, 1.54) is 0 Å². The molecular weight excluding hydrogens is 352 g/mol. The number of benzene rings is 2. The molecular formula is C20H23ClN2O3.